The normalized spacial score (nSPS) is 11.5. The fourth-order valence-corrected chi connectivity index (χ4v) is 10.1. The molecule has 0 saturated heterocycles. The van der Waals surface area contributed by atoms with Crippen molar-refractivity contribution in [3.05, 3.63) is 243 Å². The lowest BCUT2D eigenvalue weighted by atomic mass is 9.81. The monoisotopic (exact) mass is 784 g/mol. The highest BCUT2D eigenvalue weighted by Crippen LogP contribution is 2.49. The molecule has 12 aromatic carbocycles. The number of rotatable bonds is 6. The quantitative estimate of drug-likeness (QED) is 0.116. The summed E-state index contributed by atoms with van der Waals surface area (Å²) in [5.74, 6) is 0. The van der Waals surface area contributed by atoms with E-state index in [4.69, 9.17) is 0 Å². The molecular weight excluding hydrogens is 745 g/mol. The molecule has 0 nitrogen and oxygen atoms in total. The Hall–Kier alpha value is -8.06. The molecule has 0 unspecified atom stereocenters. The zero-order chi connectivity index (χ0) is 41.0. The molecule has 0 radical (unpaired) electrons. The molecule has 12 rings (SSSR count). The third-order valence-electron chi connectivity index (χ3n) is 12.9. The number of fused-ring (bicyclic) bond motifs is 6. The molecule has 0 aliphatic rings. The summed E-state index contributed by atoms with van der Waals surface area (Å²) in [6.07, 6.45) is 0. The highest BCUT2D eigenvalue weighted by Gasteiger charge is 2.22. The Morgan fingerprint density at radius 2 is 0.565 bits per heavy atom. The smallest absolute Gasteiger partial charge is 0.00199 e. The standard InChI is InChI=1S/C62H40/c1-3-18-41(19-4-1)43-23-17-24-44(38-43)45-34-35-54(60(39-45)62-57-32-15-13-30-55(57)61(42-20-5-2-6-21-42)56-31-14-16-33-58(56)62)52-36-37-53(50-28-11-10-27-49(50)52)59-40-46-22-7-8-25-47(46)48-26-9-12-29-51(48)59/h1-40H. The van der Waals surface area contributed by atoms with E-state index in [0.29, 0.717) is 0 Å². The fraction of sp³-hybridized carbons (Fsp3) is 0. The SMILES string of the molecule is c1ccc(-c2cccc(-c3ccc(-c4ccc(-c5cc6ccccc6c6ccccc56)c5ccccc45)c(-c4c5ccccc5c(-c5ccccc5)c5ccccc45)c3)c2)cc1. The Bertz CT molecular complexity index is 3610. The zero-order valence-corrected chi connectivity index (χ0v) is 34.1. The molecule has 0 aromatic heterocycles. The maximum Gasteiger partial charge on any atom is -0.00199 e. The molecule has 0 aliphatic heterocycles. The van der Waals surface area contributed by atoms with Crippen LogP contribution in [0.5, 0.6) is 0 Å². The summed E-state index contributed by atoms with van der Waals surface area (Å²) in [4.78, 5) is 0. The highest BCUT2D eigenvalue weighted by molar-refractivity contribution is 6.24. The minimum atomic E-state index is 1.19. The van der Waals surface area contributed by atoms with Crippen LogP contribution in [-0.2, 0) is 0 Å². The highest BCUT2D eigenvalue weighted by atomic mass is 14.2. The van der Waals surface area contributed by atoms with Crippen molar-refractivity contribution in [3.63, 3.8) is 0 Å². The van der Waals surface area contributed by atoms with Crippen LogP contribution in [0.1, 0.15) is 0 Å². The Morgan fingerprint density at radius 3 is 1.18 bits per heavy atom. The van der Waals surface area contributed by atoms with Crippen LogP contribution in [-0.4, -0.2) is 0 Å². The van der Waals surface area contributed by atoms with Gasteiger partial charge in [-0.25, -0.2) is 0 Å². The maximum absolute atomic E-state index is 2.45. The van der Waals surface area contributed by atoms with Gasteiger partial charge in [0.15, 0.2) is 0 Å². The van der Waals surface area contributed by atoms with Gasteiger partial charge in [-0.2, -0.15) is 0 Å². The van der Waals surface area contributed by atoms with E-state index >= 15 is 0 Å². The van der Waals surface area contributed by atoms with E-state index in [1.54, 1.807) is 0 Å². The lowest BCUT2D eigenvalue weighted by molar-refractivity contribution is 1.58. The first-order valence-electron chi connectivity index (χ1n) is 21.5. The lowest BCUT2D eigenvalue weighted by Crippen LogP contribution is -1.95. The van der Waals surface area contributed by atoms with E-state index in [2.05, 4.69) is 243 Å². The first-order valence-corrected chi connectivity index (χ1v) is 21.5. The summed E-state index contributed by atoms with van der Waals surface area (Å²) in [6, 6.07) is 89.5. The lowest BCUT2D eigenvalue weighted by Gasteiger charge is -2.22. The van der Waals surface area contributed by atoms with Crippen LogP contribution in [0.3, 0.4) is 0 Å². The molecule has 0 N–H and O–H groups in total. The first kappa shape index (κ1) is 35.8. The number of benzene rings is 12. The van der Waals surface area contributed by atoms with Crippen molar-refractivity contribution >= 4 is 53.9 Å². The third-order valence-corrected chi connectivity index (χ3v) is 12.9. The number of hydrogen-bond acceptors (Lipinski definition) is 0. The van der Waals surface area contributed by atoms with Crippen LogP contribution in [0.25, 0.3) is 121 Å². The number of hydrogen-bond donors (Lipinski definition) is 0. The molecule has 0 amide bonds. The van der Waals surface area contributed by atoms with E-state index < -0.39 is 0 Å². The van der Waals surface area contributed by atoms with E-state index in [0.717, 1.165) is 0 Å². The van der Waals surface area contributed by atoms with Crippen molar-refractivity contribution in [2.24, 2.45) is 0 Å². The fourth-order valence-electron chi connectivity index (χ4n) is 10.1. The second kappa shape index (κ2) is 14.9. The van der Waals surface area contributed by atoms with Gasteiger partial charge in [0.05, 0.1) is 0 Å². The van der Waals surface area contributed by atoms with Crippen molar-refractivity contribution in [1.29, 1.82) is 0 Å². The summed E-state index contributed by atoms with van der Waals surface area (Å²) in [7, 11) is 0. The topological polar surface area (TPSA) is 0 Å². The Balaban J connectivity index is 1.15. The van der Waals surface area contributed by atoms with Gasteiger partial charge in [-0.05, 0) is 139 Å². The van der Waals surface area contributed by atoms with Crippen molar-refractivity contribution in [3.8, 4) is 66.8 Å². The summed E-state index contributed by atoms with van der Waals surface area (Å²) >= 11 is 0. The van der Waals surface area contributed by atoms with Gasteiger partial charge < -0.3 is 0 Å². The van der Waals surface area contributed by atoms with Gasteiger partial charge in [0.2, 0.25) is 0 Å². The van der Waals surface area contributed by atoms with Gasteiger partial charge in [-0.1, -0.05) is 224 Å². The van der Waals surface area contributed by atoms with Crippen molar-refractivity contribution in [1.82, 2.24) is 0 Å². The van der Waals surface area contributed by atoms with Crippen LogP contribution < -0.4 is 0 Å². The summed E-state index contributed by atoms with van der Waals surface area (Å²) < 4.78 is 0. The molecule has 0 heterocycles. The van der Waals surface area contributed by atoms with Gasteiger partial charge in [-0.3, -0.25) is 0 Å². The van der Waals surface area contributed by atoms with E-state index in [1.165, 1.54) is 121 Å². The van der Waals surface area contributed by atoms with Crippen molar-refractivity contribution in [2.45, 2.75) is 0 Å². The Labute approximate surface area is 361 Å². The molecule has 62 heavy (non-hydrogen) atoms. The van der Waals surface area contributed by atoms with Crippen molar-refractivity contribution < 1.29 is 0 Å². The van der Waals surface area contributed by atoms with Crippen LogP contribution in [0.2, 0.25) is 0 Å². The van der Waals surface area contributed by atoms with Gasteiger partial charge >= 0.3 is 0 Å². The summed E-state index contributed by atoms with van der Waals surface area (Å²) in [5.41, 5.74) is 14.7. The van der Waals surface area contributed by atoms with Crippen LogP contribution in [0.4, 0.5) is 0 Å². The van der Waals surface area contributed by atoms with Crippen molar-refractivity contribution in [2.75, 3.05) is 0 Å². The second-order valence-electron chi connectivity index (χ2n) is 16.3. The molecule has 0 bridgehead atoms. The van der Waals surface area contributed by atoms with Gasteiger partial charge in [0, 0.05) is 0 Å². The van der Waals surface area contributed by atoms with E-state index in [-0.39, 0.29) is 0 Å². The van der Waals surface area contributed by atoms with Crippen LogP contribution in [0, 0.1) is 0 Å². The predicted octanol–water partition coefficient (Wildman–Crippen LogP) is 17.5. The Morgan fingerprint density at radius 1 is 0.161 bits per heavy atom. The Kier molecular flexibility index (Phi) is 8.61. The van der Waals surface area contributed by atoms with E-state index in [1.807, 2.05) is 0 Å². The first-order chi connectivity index (χ1) is 30.8. The average molecular weight is 785 g/mol. The predicted molar refractivity (Wildman–Crippen MR) is 267 cm³/mol. The average Bonchev–Trinajstić information content (AvgIpc) is 3.35. The van der Waals surface area contributed by atoms with E-state index in [9.17, 15) is 0 Å². The third kappa shape index (κ3) is 5.92. The van der Waals surface area contributed by atoms with Gasteiger partial charge in [-0.15, -0.1) is 0 Å². The maximum atomic E-state index is 2.45. The summed E-state index contributed by atoms with van der Waals surface area (Å²) in [6.45, 7) is 0. The second-order valence-corrected chi connectivity index (χ2v) is 16.3. The molecule has 0 heteroatoms. The molecular formula is C62H40. The molecule has 0 aliphatic carbocycles. The van der Waals surface area contributed by atoms with Gasteiger partial charge in [0.25, 0.3) is 0 Å². The molecule has 0 saturated carbocycles. The summed E-state index contributed by atoms with van der Waals surface area (Å²) in [5, 5.41) is 12.5. The minimum Gasteiger partial charge on any atom is -0.0622 e. The van der Waals surface area contributed by atoms with Crippen LogP contribution in [0.15, 0.2) is 243 Å². The molecule has 288 valence electrons. The zero-order valence-electron chi connectivity index (χ0n) is 34.1. The largest absolute Gasteiger partial charge is 0.0622 e. The minimum absolute atomic E-state index is 1.19. The van der Waals surface area contributed by atoms with Crippen LogP contribution >= 0.6 is 0 Å². The molecule has 0 atom stereocenters. The van der Waals surface area contributed by atoms with Gasteiger partial charge in [0.1, 0.15) is 0 Å². The molecule has 0 fully saturated rings. The molecule has 0 spiro atoms. The molecule has 12 aromatic rings.